The van der Waals surface area contributed by atoms with Crippen LogP contribution in [0.2, 0.25) is 0 Å². The topological polar surface area (TPSA) is 25.8 Å². The Labute approximate surface area is 209 Å². The first-order valence-corrected chi connectivity index (χ1v) is 12.2. The molecular formula is C34H22N2. The van der Waals surface area contributed by atoms with Gasteiger partial charge in [0, 0.05) is 22.5 Å². The molecule has 0 bridgehead atoms. The zero-order valence-corrected chi connectivity index (χ0v) is 19.6. The van der Waals surface area contributed by atoms with E-state index in [2.05, 4.69) is 121 Å². The number of nitrogens with zero attached hydrogens (tertiary/aromatic N) is 2. The number of rotatable bonds is 3. The molecule has 2 heterocycles. The summed E-state index contributed by atoms with van der Waals surface area (Å²) >= 11 is 0. The molecular weight excluding hydrogens is 436 g/mol. The Morgan fingerprint density at radius 2 is 1.03 bits per heavy atom. The molecule has 2 aromatic heterocycles. The lowest BCUT2D eigenvalue weighted by atomic mass is 9.98. The monoisotopic (exact) mass is 458 g/mol. The van der Waals surface area contributed by atoms with Crippen LogP contribution in [0.1, 0.15) is 0 Å². The molecule has 0 aliphatic heterocycles. The van der Waals surface area contributed by atoms with Gasteiger partial charge in [-0.2, -0.15) is 0 Å². The molecule has 36 heavy (non-hydrogen) atoms. The Morgan fingerprint density at radius 3 is 1.81 bits per heavy atom. The molecule has 0 N–H and O–H groups in total. The van der Waals surface area contributed by atoms with Crippen LogP contribution in [0.25, 0.3) is 66.1 Å². The van der Waals surface area contributed by atoms with Gasteiger partial charge < -0.3 is 0 Å². The molecule has 0 amide bonds. The summed E-state index contributed by atoms with van der Waals surface area (Å²) in [5, 5.41) is 6.01. The number of hydrogen-bond donors (Lipinski definition) is 0. The van der Waals surface area contributed by atoms with Crippen molar-refractivity contribution >= 4 is 32.4 Å². The maximum Gasteiger partial charge on any atom is 0.0972 e. The number of hydrogen-bond acceptors (Lipinski definition) is 2. The second-order valence-corrected chi connectivity index (χ2v) is 9.09. The van der Waals surface area contributed by atoms with Gasteiger partial charge in [0.1, 0.15) is 0 Å². The van der Waals surface area contributed by atoms with E-state index in [1.807, 2.05) is 12.3 Å². The molecule has 7 rings (SSSR count). The molecule has 0 aliphatic carbocycles. The summed E-state index contributed by atoms with van der Waals surface area (Å²) in [6.45, 7) is 0. The molecule has 168 valence electrons. The van der Waals surface area contributed by atoms with Crippen LogP contribution in [0.5, 0.6) is 0 Å². The lowest BCUT2D eigenvalue weighted by molar-refractivity contribution is 1.29. The zero-order chi connectivity index (χ0) is 23.9. The van der Waals surface area contributed by atoms with E-state index in [1.165, 1.54) is 32.7 Å². The van der Waals surface area contributed by atoms with Gasteiger partial charge in [0.05, 0.1) is 16.9 Å². The first kappa shape index (κ1) is 20.5. The van der Waals surface area contributed by atoms with Gasteiger partial charge in [-0.3, -0.25) is 4.98 Å². The minimum atomic E-state index is 0.883. The first-order valence-electron chi connectivity index (χ1n) is 12.2. The molecule has 0 aliphatic rings. The van der Waals surface area contributed by atoms with Gasteiger partial charge in [0.15, 0.2) is 0 Å². The first-order chi connectivity index (χ1) is 17.8. The van der Waals surface area contributed by atoms with E-state index in [4.69, 9.17) is 9.97 Å². The van der Waals surface area contributed by atoms with Crippen molar-refractivity contribution in [3.63, 3.8) is 0 Å². The lowest BCUT2D eigenvalue weighted by Crippen LogP contribution is -1.92. The number of pyridine rings is 2. The average molecular weight is 459 g/mol. The maximum absolute atomic E-state index is 4.98. The van der Waals surface area contributed by atoms with Crippen LogP contribution in [0.15, 0.2) is 134 Å². The van der Waals surface area contributed by atoms with Crippen LogP contribution in [0.3, 0.4) is 0 Å². The van der Waals surface area contributed by atoms with Crippen molar-refractivity contribution in [3.8, 4) is 33.6 Å². The van der Waals surface area contributed by atoms with Crippen molar-refractivity contribution < 1.29 is 0 Å². The van der Waals surface area contributed by atoms with Crippen molar-refractivity contribution in [1.29, 1.82) is 0 Å². The normalized spacial score (nSPS) is 11.3. The highest BCUT2D eigenvalue weighted by Crippen LogP contribution is 2.32. The van der Waals surface area contributed by atoms with Gasteiger partial charge in [-0.1, -0.05) is 109 Å². The number of benzene rings is 5. The number of fused-ring (bicyclic) bond motifs is 4. The van der Waals surface area contributed by atoms with Crippen LogP contribution in [-0.4, -0.2) is 9.97 Å². The fourth-order valence-corrected chi connectivity index (χ4v) is 5.03. The van der Waals surface area contributed by atoms with E-state index >= 15 is 0 Å². The van der Waals surface area contributed by atoms with Gasteiger partial charge >= 0.3 is 0 Å². The van der Waals surface area contributed by atoms with Gasteiger partial charge in [0.25, 0.3) is 0 Å². The summed E-state index contributed by atoms with van der Waals surface area (Å²) in [4.78, 5) is 9.81. The lowest BCUT2D eigenvalue weighted by Gasteiger charge is -2.10. The highest BCUT2D eigenvalue weighted by Gasteiger charge is 2.11. The Bertz CT molecular complexity index is 1870. The summed E-state index contributed by atoms with van der Waals surface area (Å²) in [5.74, 6) is 0. The summed E-state index contributed by atoms with van der Waals surface area (Å²) in [6.07, 6.45) is 1.95. The second-order valence-electron chi connectivity index (χ2n) is 9.09. The molecule has 0 unspecified atom stereocenters. The third kappa shape index (κ3) is 3.52. The number of para-hydroxylation sites is 1. The second kappa shape index (κ2) is 8.44. The van der Waals surface area contributed by atoms with Crippen LogP contribution in [0.4, 0.5) is 0 Å². The molecule has 7 aromatic rings. The molecule has 5 aromatic carbocycles. The molecule has 0 atom stereocenters. The van der Waals surface area contributed by atoms with Crippen molar-refractivity contribution in [1.82, 2.24) is 9.97 Å². The van der Waals surface area contributed by atoms with Crippen LogP contribution >= 0.6 is 0 Å². The van der Waals surface area contributed by atoms with E-state index in [9.17, 15) is 0 Å². The SMILES string of the molecule is c1ccc2cc(-c3ccc(-c4ccc(-c5nc6ccccc6c6ccccc56)nc4)cc3)ccc2c1. The average Bonchev–Trinajstić information content (AvgIpc) is 2.97. The minimum absolute atomic E-state index is 0.883. The summed E-state index contributed by atoms with van der Waals surface area (Å²) in [5.41, 5.74) is 7.46. The van der Waals surface area contributed by atoms with Crippen LogP contribution in [0, 0.1) is 0 Å². The van der Waals surface area contributed by atoms with Gasteiger partial charge in [0.2, 0.25) is 0 Å². The van der Waals surface area contributed by atoms with Crippen molar-refractivity contribution in [2.45, 2.75) is 0 Å². The Hall–Kier alpha value is -4.82. The van der Waals surface area contributed by atoms with E-state index in [0.29, 0.717) is 0 Å². The summed E-state index contributed by atoms with van der Waals surface area (Å²) < 4.78 is 0. The molecule has 0 fully saturated rings. The zero-order valence-electron chi connectivity index (χ0n) is 19.6. The maximum atomic E-state index is 4.98. The summed E-state index contributed by atoms with van der Waals surface area (Å²) in [7, 11) is 0. The Kier molecular flexibility index (Phi) is 4.82. The van der Waals surface area contributed by atoms with Gasteiger partial charge in [-0.25, -0.2) is 4.98 Å². The third-order valence-electron chi connectivity index (χ3n) is 6.92. The Balaban J connectivity index is 1.23. The van der Waals surface area contributed by atoms with Gasteiger partial charge in [-0.05, 0) is 51.0 Å². The van der Waals surface area contributed by atoms with E-state index in [0.717, 1.165) is 33.4 Å². The smallest absolute Gasteiger partial charge is 0.0972 e. The highest BCUT2D eigenvalue weighted by molar-refractivity contribution is 6.10. The fourth-order valence-electron chi connectivity index (χ4n) is 5.03. The van der Waals surface area contributed by atoms with E-state index < -0.39 is 0 Å². The third-order valence-corrected chi connectivity index (χ3v) is 6.92. The molecule has 0 saturated carbocycles. The standard InChI is InChI=1S/C34H22N2/c1-2-8-26-21-27(18-17-23(26)7-1)24-13-15-25(16-14-24)28-19-20-33(35-22-28)34-31-11-4-3-9-29(31)30-10-5-6-12-32(30)36-34/h1-22H. The van der Waals surface area contributed by atoms with E-state index in [-0.39, 0.29) is 0 Å². The highest BCUT2D eigenvalue weighted by atomic mass is 14.8. The molecule has 2 nitrogen and oxygen atoms in total. The van der Waals surface area contributed by atoms with E-state index in [1.54, 1.807) is 0 Å². The minimum Gasteiger partial charge on any atom is -0.254 e. The van der Waals surface area contributed by atoms with Crippen molar-refractivity contribution in [2.75, 3.05) is 0 Å². The Morgan fingerprint density at radius 1 is 0.417 bits per heavy atom. The molecule has 0 saturated heterocycles. The predicted octanol–water partition coefficient (Wildman–Crippen LogP) is 8.94. The predicted molar refractivity (Wildman–Crippen MR) is 151 cm³/mol. The fraction of sp³-hybridized carbons (Fsp3) is 0. The summed E-state index contributed by atoms with van der Waals surface area (Å²) in [6, 6.07) is 44.8. The van der Waals surface area contributed by atoms with Crippen LogP contribution < -0.4 is 0 Å². The number of aromatic nitrogens is 2. The molecule has 0 spiro atoms. The quantitative estimate of drug-likeness (QED) is 0.247. The largest absolute Gasteiger partial charge is 0.254 e. The van der Waals surface area contributed by atoms with Crippen molar-refractivity contribution in [2.24, 2.45) is 0 Å². The van der Waals surface area contributed by atoms with Crippen LogP contribution in [-0.2, 0) is 0 Å². The molecule has 2 heteroatoms. The van der Waals surface area contributed by atoms with Crippen molar-refractivity contribution in [3.05, 3.63) is 134 Å². The molecule has 0 radical (unpaired) electrons. The van der Waals surface area contributed by atoms with Gasteiger partial charge in [-0.15, -0.1) is 0 Å².